The predicted molar refractivity (Wildman–Crippen MR) is 84.2 cm³/mol. The topological polar surface area (TPSA) is 39.0 Å². The van der Waals surface area contributed by atoms with Gasteiger partial charge in [0.25, 0.3) is 0 Å². The van der Waals surface area contributed by atoms with E-state index in [2.05, 4.69) is 21.3 Å². The number of imidazole rings is 1. The van der Waals surface area contributed by atoms with Crippen LogP contribution in [-0.4, -0.2) is 53.8 Å². The van der Waals surface area contributed by atoms with Crippen molar-refractivity contribution in [2.45, 2.75) is 25.5 Å². The van der Waals surface area contributed by atoms with Crippen LogP contribution in [0.4, 0.5) is 0 Å². The van der Waals surface area contributed by atoms with Crippen LogP contribution in [0.3, 0.4) is 0 Å². The van der Waals surface area contributed by atoms with Crippen molar-refractivity contribution >= 4 is 27.9 Å². The van der Waals surface area contributed by atoms with Crippen molar-refractivity contribution in [1.29, 1.82) is 0 Å². The van der Waals surface area contributed by atoms with Gasteiger partial charge in [-0.15, -0.1) is 11.3 Å². The average Bonchev–Trinajstić information content (AvgIpc) is 3.16. The van der Waals surface area contributed by atoms with Gasteiger partial charge in [-0.1, -0.05) is 11.6 Å². The van der Waals surface area contributed by atoms with E-state index >= 15 is 0 Å². The van der Waals surface area contributed by atoms with Crippen molar-refractivity contribution in [1.82, 2.24) is 14.3 Å². The average molecular weight is 330 g/mol. The first-order chi connectivity index (χ1) is 10.2. The highest BCUT2D eigenvalue weighted by Crippen LogP contribution is 2.22. The molecule has 0 amide bonds. The van der Waals surface area contributed by atoms with Crippen molar-refractivity contribution < 1.29 is 9.47 Å². The van der Waals surface area contributed by atoms with Crippen LogP contribution in [-0.2, 0) is 16.0 Å². The molecular weight excluding hydrogens is 310 g/mol. The molecule has 0 spiro atoms. The molecule has 1 atom stereocenters. The van der Waals surface area contributed by atoms with Gasteiger partial charge in [0.1, 0.15) is 0 Å². The molecule has 0 bridgehead atoms. The number of aromatic nitrogens is 2. The maximum absolute atomic E-state index is 6.20. The third kappa shape index (κ3) is 3.76. The van der Waals surface area contributed by atoms with E-state index in [9.17, 15) is 0 Å². The Balaban J connectivity index is 1.44. The molecule has 21 heavy (non-hydrogen) atoms. The van der Waals surface area contributed by atoms with E-state index in [-0.39, 0.29) is 0 Å². The molecule has 2 aromatic heterocycles. The molecule has 2 aromatic rings. The Hall–Kier alpha value is -0.660. The highest BCUT2D eigenvalue weighted by Gasteiger charge is 2.16. The van der Waals surface area contributed by atoms with Gasteiger partial charge in [0.2, 0.25) is 0 Å². The molecule has 0 N–H and O–H groups in total. The Morgan fingerprint density at radius 3 is 3.33 bits per heavy atom. The zero-order valence-electron chi connectivity index (χ0n) is 12.1. The standard InChI is InChI=1S/C14H20ClN3O2S/c1-17(4-7-19-10-11-3-2-6-20-11)9-12-13(15)16-14-18(12)5-8-21-14/h5,8,11H,2-4,6-7,9-10H2,1H3. The van der Waals surface area contributed by atoms with Crippen molar-refractivity contribution in [2.24, 2.45) is 0 Å². The van der Waals surface area contributed by atoms with Crippen LogP contribution in [0.1, 0.15) is 18.5 Å². The maximum Gasteiger partial charge on any atom is 0.195 e. The molecule has 1 saturated heterocycles. The Kier molecular flexibility index (Phi) is 5.13. The van der Waals surface area contributed by atoms with E-state index in [4.69, 9.17) is 21.1 Å². The number of nitrogens with zero attached hydrogens (tertiary/aromatic N) is 3. The van der Waals surface area contributed by atoms with Gasteiger partial charge in [0.15, 0.2) is 10.1 Å². The molecule has 7 heteroatoms. The zero-order chi connectivity index (χ0) is 14.7. The zero-order valence-corrected chi connectivity index (χ0v) is 13.7. The predicted octanol–water partition coefficient (Wildman–Crippen LogP) is 2.68. The molecule has 0 saturated carbocycles. The highest BCUT2D eigenvalue weighted by atomic mass is 35.5. The minimum Gasteiger partial charge on any atom is -0.377 e. The van der Waals surface area contributed by atoms with Crippen LogP contribution < -0.4 is 0 Å². The van der Waals surface area contributed by atoms with Crippen LogP contribution in [0.25, 0.3) is 4.96 Å². The highest BCUT2D eigenvalue weighted by molar-refractivity contribution is 7.15. The molecular formula is C14H20ClN3O2S. The second-order valence-electron chi connectivity index (χ2n) is 5.35. The molecule has 0 aliphatic carbocycles. The minimum atomic E-state index is 0.296. The first kappa shape index (κ1) is 15.2. The van der Waals surface area contributed by atoms with Gasteiger partial charge >= 0.3 is 0 Å². The SMILES string of the molecule is CN(CCOCC1CCCO1)Cc1c(Cl)nc2sccn12. The largest absolute Gasteiger partial charge is 0.377 e. The molecule has 1 fully saturated rings. The third-order valence-corrected chi connectivity index (χ3v) is 4.74. The normalized spacial score (nSPS) is 19.1. The summed E-state index contributed by atoms with van der Waals surface area (Å²) in [5, 5.41) is 2.61. The molecule has 3 heterocycles. The summed E-state index contributed by atoms with van der Waals surface area (Å²) in [6.07, 6.45) is 4.59. The van der Waals surface area contributed by atoms with Crippen LogP contribution >= 0.6 is 22.9 Å². The van der Waals surface area contributed by atoms with E-state index in [0.29, 0.717) is 24.5 Å². The van der Waals surface area contributed by atoms with Gasteiger partial charge in [0, 0.05) is 31.3 Å². The molecule has 1 aliphatic heterocycles. The van der Waals surface area contributed by atoms with Crippen LogP contribution in [0.2, 0.25) is 5.15 Å². The quantitative estimate of drug-likeness (QED) is 0.732. The number of hydrogen-bond donors (Lipinski definition) is 0. The summed E-state index contributed by atoms with van der Waals surface area (Å²) in [5.74, 6) is 0. The molecule has 1 unspecified atom stereocenters. The lowest BCUT2D eigenvalue weighted by Gasteiger charge is -2.17. The van der Waals surface area contributed by atoms with Crippen molar-refractivity contribution in [3.8, 4) is 0 Å². The number of hydrogen-bond acceptors (Lipinski definition) is 5. The van der Waals surface area contributed by atoms with Gasteiger partial charge in [-0.25, -0.2) is 4.98 Å². The Morgan fingerprint density at radius 1 is 1.62 bits per heavy atom. The lowest BCUT2D eigenvalue weighted by Crippen LogP contribution is -2.25. The Bertz CT molecular complexity index is 580. The lowest BCUT2D eigenvalue weighted by atomic mass is 10.2. The van der Waals surface area contributed by atoms with Crippen LogP contribution in [0.5, 0.6) is 0 Å². The summed E-state index contributed by atoms with van der Waals surface area (Å²) in [4.78, 5) is 7.49. The van der Waals surface area contributed by atoms with Crippen molar-refractivity contribution in [3.05, 3.63) is 22.4 Å². The first-order valence-electron chi connectivity index (χ1n) is 7.22. The van der Waals surface area contributed by atoms with Crippen LogP contribution in [0, 0.1) is 0 Å². The summed E-state index contributed by atoms with van der Waals surface area (Å²) in [6.45, 7) is 3.92. The number of thiazole rings is 1. The van der Waals surface area contributed by atoms with E-state index < -0.39 is 0 Å². The fraction of sp³-hybridized carbons (Fsp3) is 0.643. The molecule has 1 aliphatic rings. The second kappa shape index (κ2) is 7.07. The number of halogens is 1. The summed E-state index contributed by atoms with van der Waals surface area (Å²) >= 11 is 7.80. The summed E-state index contributed by atoms with van der Waals surface area (Å²) < 4.78 is 13.3. The van der Waals surface area contributed by atoms with E-state index in [1.807, 2.05) is 11.6 Å². The fourth-order valence-corrected chi connectivity index (χ4v) is 3.51. The molecule has 5 nitrogen and oxygen atoms in total. The maximum atomic E-state index is 6.20. The molecule has 3 rings (SSSR count). The van der Waals surface area contributed by atoms with Crippen molar-refractivity contribution in [3.63, 3.8) is 0 Å². The van der Waals surface area contributed by atoms with Gasteiger partial charge < -0.3 is 9.47 Å². The number of ether oxygens (including phenoxy) is 2. The van der Waals surface area contributed by atoms with E-state index in [1.54, 1.807) is 11.3 Å². The van der Waals surface area contributed by atoms with E-state index in [1.165, 1.54) is 0 Å². The van der Waals surface area contributed by atoms with Crippen LogP contribution in [0.15, 0.2) is 11.6 Å². The van der Waals surface area contributed by atoms with Gasteiger partial charge in [-0.2, -0.15) is 0 Å². The van der Waals surface area contributed by atoms with Gasteiger partial charge in [-0.3, -0.25) is 9.30 Å². The second-order valence-corrected chi connectivity index (χ2v) is 6.58. The number of fused-ring (bicyclic) bond motifs is 1. The monoisotopic (exact) mass is 329 g/mol. The summed E-state index contributed by atoms with van der Waals surface area (Å²) in [5.41, 5.74) is 1.04. The first-order valence-corrected chi connectivity index (χ1v) is 8.47. The van der Waals surface area contributed by atoms with Gasteiger partial charge in [0.05, 0.1) is 25.0 Å². The number of rotatable bonds is 7. The lowest BCUT2D eigenvalue weighted by molar-refractivity contribution is 0.0116. The number of likely N-dealkylation sites (N-methyl/N-ethyl adjacent to an activating group) is 1. The fourth-order valence-electron chi connectivity index (χ4n) is 2.49. The van der Waals surface area contributed by atoms with E-state index in [0.717, 1.165) is 43.2 Å². The molecule has 116 valence electrons. The smallest absolute Gasteiger partial charge is 0.195 e. The van der Waals surface area contributed by atoms with Gasteiger partial charge in [-0.05, 0) is 19.9 Å². The molecule has 0 radical (unpaired) electrons. The third-order valence-electron chi connectivity index (χ3n) is 3.68. The Labute approximate surface area is 133 Å². The van der Waals surface area contributed by atoms with Crippen molar-refractivity contribution in [2.75, 3.05) is 33.4 Å². The Morgan fingerprint density at radius 2 is 2.52 bits per heavy atom. The summed E-state index contributed by atoms with van der Waals surface area (Å²) in [7, 11) is 2.07. The molecule has 0 aromatic carbocycles. The minimum absolute atomic E-state index is 0.296. The summed E-state index contributed by atoms with van der Waals surface area (Å²) in [6, 6.07) is 0.